The van der Waals surface area contributed by atoms with E-state index in [4.69, 9.17) is 9.47 Å². The molecule has 1 saturated carbocycles. The summed E-state index contributed by atoms with van der Waals surface area (Å²) < 4.78 is 11.5. The number of rotatable bonds is 5. The summed E-state index contributed by atoms with van der Waals surface area (Å²) >= 11 is 1.38. The van der Waals surface area contributed by atoms with Gasteiger partial charge in [0.05, 0.1) is 31.0 Å². The Bertz CT molecular complexity index is 716. The normalized spacial score (nSPS) is 23.3. The summed E-state index contributed by atoms with van der Waals surface area (Å²) in [5, 5.41) is 6.28. The lowest BCUT2D eigenvalue weighted by Gasteiger charge is -2.36. The van der Waals surface area contributed by atoms with Crippen molar-refractivity contribution in [2.75, 3.05) is 32.8 Å². The monoisotopic (exact) mass is 422 g/mol. The number of ether oxygens (including phenoxy) is 2. The maximum atomic E-state index is 12.5. The quantitative estimate of drug-likeness (QED) is 0.746. The molecule has 0 radical (unpaired) electrons. The lowest BCUT2D eigenvalue weighted by molar-refractivity contribution is -0.180. The van der Waals surface area contributed by atoms with E-state index < -0.39 is 0 Å². The third-order valence-electron chi connectivity index (χ3n) is 6.17. The molecule has 0 unspecified atom stereocenters. The number of nitrogens with zero attached hydrogens (tertiary/aromatic N) is 2. The van der Waals surface area contributed by atoms with Crippen LogP contribution >= 0.6 is 11.3 Å². The summed E-state index contributed by atoms with van der Waals surface area (Å²) in [5.74, 6) is -0.334. The molecule has 1 aromatic rings. The summed E-state index contributed by atoms with van der Waals surface area (Å²) in [5.41, 5.74) is 2.48. The largest absolute Gasteiger partial charge is 0.352 e. The van der Waals surface area contributed by atoms with Crippen LogP contribution in [0, 0.1) is 6.92 Å². The van der Waals surface area contributed by atoms with E-state index in [-0.39, 0.29) is 29.7 Å². The van der Waals surface area contributed by atoms with Crippen LogP contribution in [0.5, 0.6) is 0 Å². The molecule has 8 nitrogen and oxygen atoms in total. The van der Waals surface area contributed by atoms with Gasteiger partial charge in [0.1, 0.15) is 4.88 Å². The minimum absolute atomic E-state index is 0.0357. The van der Waals surface area contributed by atoms with Crippen LogP contribution in [0.4, 0.5) is 0 Å². The maximum Gasteiger partial charge on any atom is 0.263 e. The number of likely N-dealkylation sites (tertiary alicyclic amines) is 1. The molecule has 2 saturated heterocycles. The van der Waals surface area contributed by atoms with E-state index in [2.05, 4.69) is 20.5 Å². The second-order valence-corrected chi connectivity index (χ2v) is 9.09. The predicted octanol–water partition coefficient (Wildman–Crippen LogP) is 1.45. The Balaban J connectivity index is 1.15. The van der Waals surface area contributed by atoms with E-state index in [0.717, 1.165) is 57.3 Å². The van der Waals surface area contributed by atoms with E-state index in [9.17, 15) is 9.59 Å². The molecule has 9 heteroatoms. The number of nitrogens with one attached hydrogen (secondary N) is 2. The van der Waals surface area contributed by atoms with Gasteiger partial charge in [0.15, 0.2) is 5.79 Å². The Morgan fingerprint density at radius 1 is 1.14 bits per heavy atom. The molecule has 3 fully saturated rings. The van der Waals surface area contributed by atoms with Gasteiger partial charge in [0.25, 0.3) is 5.91 Å². The van der Waals surface area contributed by atoms with Crippen molar-refractivity contribution < 1.29 is 19.1 Å². The Labute approximate surface area is 175 Å². The number of hydrogen-bond acceptors (Lipinski definition) is 7. The van der Waals surface area contributed by atoms with Crippen LogP contribution in [0.25, 0.3) is 0 Å². The smallest absolute Gasteiger partial charge is 0.263 e. The highest BCUT2D eigenvalue weighted by atomic mass is 32.1. The van der Waals surface area contributed by atoms with Crippen molar-refractivity contribution in [3.05, 3.63) is 16.1 Å². The predicted molar refractivity (Wildman–Crippen MR) is 109 cm³/mol. The molecule has 1 aromatic heterocycles. The number of aromatic nitrogens is 1. The van der Waals surface area contributed by atoms with Gasteiger partial charge in [-0.1, -0.05) is 0 Å². The third-order valence-corrected chi connectivity index (χ3v) is 7.10. The van der Waals surface area contributed by atoms with Crippen molar-refractivity contribution in [3.63, 3.8) is 0 Å². The Morgan fingerprint density at radius 2 is 1.79 bits per heavy atom. The fourth-order valence-corrected chi connectivity index (χ4v) is 5.18. The number of carbonyl (C=O) groups excluding carboxylic acids is 2. The van der Waals surface area contributed by atoms with Crippen LogP contribution in [0.1, 0.15) is 53.9 Å². The molecule has 0 bridgehead atoms. The zero-order valence-electron chi connectivity index (χ0n) is 16.9. The Kier molecular flexibility index (Phi) is 6.48. The van der Waals surface area contributed by atoms with E-state index in [1.807, 2.05) is 6.92 Å². The zero-order chi connectivity index (χ0) is 20.3. The Hall–Kier alpha value is -1.55. The molecule has 2 N–H and O–H groups in total. The maximum absolute atomic E-state index is 12.5. The highest BCUT2D eigenvalue weighted by Crippen LogP contribution is 2.35. The van der Waals surface area contributed by atoms with Crippen LogP contribution in [0.2, 0.25) is 0 Å². The van der Waals surface area contributed by atoms with Gasteiger partial charge in [-0.25, -0.2) is 4.98 Å². The van der Waals surface area contributed by atoms with Crippen LogP contribution in [0.3, 0.4) is 0 Å². The average molecular weight is 423 g/mol. The van der Waals surface area contributed by atoms with Crippen molar-refractivity contribution in [1.82, 2.24) is 20.5 Å². The van der Waals surface area contributed by atoms with Crippen molar-refractivity contribution in [2.45, 2.75) is 63.3 Å². The molecule has 4 rings (SSSR count). The summed E-state index contributed by atoms with van der Waals surface area (Å²) in [7, 11) is 0. The molecule has 29 heavy (non-hydrogen) atoms. The van der Waals surface area contributed by atoms with Gasteiger partial charge >= 0.3 is 0 Å². The molecule has 3 aliphatic rings. The molecule has 0 aromatic carbocycles. The van der Waals surface area contributed by atoms with Gasteiger partial charge in [-0.15, -0.1) is 11.3 Å². The minimum Gasteiger partial charge on any atom is -0.352 e. The molecule has 3 heterocycles. The summed E-state index contributed by atoms with van der Waals surface area (Å²) in [6.07, 6.45) is 5.22. The SMILES string of the molecule is Cc1ncsc1C(=O)NC1CCN(CC(=O)NC2CCC3(CC2)OCCO3)CC1. The fourth-order valence-electron chi connectivity index (χ4n) is 4.47. The lowest BCUT2D eigenvalue weighted by atomic mass is 9.90. The van der Waals surface area contributed by atoms with E-state index in [1.54, 1.807) is 5.51 Å². The van der Waals surface area contributed by atoms with E-state index >= 15 is 0 Å². The highest BCUT2D eigenvalue weighted by molar-refractivity contribution is 7.11. The number of amides is 2. The van der Waals surface area contributed by atoms with Gasteiger partial charge in [-0.2, -0.15) is 0 Å². The number of carbonyl (C=O) groups is 2. The molecular formula is C20H30N4O4S. The topological polar surface area (TPSA) is 92.8 Å². The standard InChI is InChI=1S/C20H30N4O4S/c1-14-18(29-13-21-14)19(26)23-16-4-8-24(9-5-16)12-17(25)22-15-2-6-20(7-3-15)27-10-11-28-20/h13,15-16H,2-12H2,1H3,(H,22,25)(H,23,26). The molecular weight excluding hydrogens is 392 g/mol. The first kappa shape index (κ1) is 20.7. The number of aryl methyl sites for hydroxylation is 1. The second-order valence-electron chi connectivity index (χ2n) is 8.24. The molecule has 0 atom stereocenters. The fraction of sp³-hybridized carbons (Fsp3) is 0.750. The zero-order valence-corrected chi connectivity index (χ0v) is 17.8. The van der Waals surface area contributed by atoms with Crippen LogP contribution in [0.15, 0.2) is 5.51 Å². The first-order valence-electron chi connectivity index (χ1n) is 10.5. The second kappa shape index (κ2) is 9.07. The van der Waals surface area contributed by atoms with Crippen LogP contribution in [-0.4, -0.2) is 72.4 Å². The van der Waals surface area contributed by atoms with Crippen molar-refractivity contribution >= 4 is 23.2 Å². The van der Waals surface area contributed by atoms with Gasteiger partial charge in [0.2, 0.25) is 5.91 Å². The first-order valence-corrected chi connectivity index (χ1v) is 11.4. The van der Waals surface area contributed by atoms with E-state index in [1.165, 1.54) is 11.3 Å². The number of thiazole rings is 1. The summed E-state index contributed by atoms with van der Waals surface area (Å²) in [4.78, 5) is 31.8. The van der Waals surface area contributed by atoms with Crippen LogP contribution < -0.4 is 10.6 Å². The minimum atomic E-state index is -0.384. The average Bonchev–Trinajstić information content (AvgIpc) is 3.35. The summed E-state index contributed by atoms with van der Waals surface area (Å²) in [6, 6.07) is 0.365. The highest BCUT2D eigenvalue weighted by Gasteiger charge is 2.40. The van der Waals surface area contributed by atoms with Gasteiger partial charge in [0, 0.05) is 38.0 Å². The molecule has 1 aliphatic carbocycles. The van der Waals surface area contributed by atoms with Gasteiger partial charge in [-0.05, 0) is 32.6 Å². The van der Waals surface area contributed by atoms with Crippen molar-refractivity contribution in [1.29, 1.82) is 0 Å². The van der Waals surface area contributed by atoms with Crippen molar-refractivity contribution in [3.8, 4) is 0 Å². The lowest BCUT2D eigenvalue weighted by Crippen LogP contribution is -2.49. The van der Waals surface area contributed by atoms with Crippen molar-refractivity contribution in [2.24, 2.45) is 0 Å². The van der Waals surface area contributed by atoms with Crippen LogP contribution in [-0.2, 0) is 14.3 Å². The third kappa shape index (κ3) is 5.14. The van der Waals surface area contributed by atoms with Gasteiger partial charge in [-0.3, -0.25) is 14.5 Å². The molecule has 160 valence electrons. The molecule has 1 spiro atoms. The molecule has 2 aliphatic heterocycles. The van der Waals surface area contributed by atoms with Gasteiger partial charge < -0.3 is 20.1 Å². The first-order chi connectivity index (χ1) is 14.0. The van der Waals surface area contributed by atoms with E-state index in [0.29, 0.717) is 24.6 Å². The Morgan fingerprint density at radius 3 is 2.41 bits per heavy atom. The summed E-state index contributed by atoms with van der Waals surface area (Å²) in [6.45, 7) is 5.26. The number of hydrogen-bond donors (Lipinski definition) is 2. The number of piperidine rings is 1. The molecule has 2 amide bonds.